The van der Waals surface area contributed by atoms with Crippen molar-refractivity contribution >= 4 is 0 Å². The number of alkyl halides is 26. The third-order valence-corrected chi connectivity index (χ3v) is 7.32. The van der Waals surface area contributed by atoms with Gasteiger partial charge in [-0.15, -0.1) is 0 Å². The van der Waals surface area contributed by atoms with Crippen molar-refractivity contribution in [3.63, 3.8) is 0 Å². The molecule has 0 spiro atoms. The molecule has 0 aromatic heterocycles. The summed E-state index contributed by atoms with van der Waals surface area (Å²) in [6, 6.07) is -2.16. The molecule has 0 amide bonds. The fourth-order valence-corrected chi connectivity index (χ4v) is 4.24. The summed E-state index contributed by atoms with van der Waals surface area (Å²) < 4.78 is 362. The van der Waals surface area contributed by atoms with Crippen molar-refractivity contribution < 1.29 is 114 Å². The van der Waals surface area contributed by atoms with Crippen LogP contribution in [0.25, 0.3) is 0 Å². The van der Waals surface area contributed by atoms with Gasteiger partial charge in [-0.2, -0.15) is 114 Å². The van der Waals surface area contributed by atoms with E-state index in [9.17, 15) is 96.6 Å². The lowest BCUT2D eigenvalue weighted by molar-refractivity contribution is -0.442. The van der Waals surface area contributed by atoms with Crippen LogP contribution in [0, 0.1) is 0 Å². The number of benzene rings is 1. The molecule has 0 N–H and O–H groups in total. The highest BCUT2D eigenvalue weighted by molar-refractivity contribution is 5.50. The van der Waals surface area contributed by atoms with Crippen molar-refractivity contribution in [3.05, 3.63) is 34.4 Å². The molecule has 0 nitrogen and oxygen atoms in total. The van der Waals surface area contributed by atoms with Crippen molar-refractivity contribution in [2.45, 2.75) is 124 Å². The second kappa shape index (κ2) is 11.9. The summed E-state index contributed by atoms with van der Waals surface area (Å²) in [5.41, 5.74) is -16.3. The van der Waals surface area contributed by atoms with Gasteiger partial charge in [0.2, 0.25) is 0 Å². The van der Waals surface area contributed by atoms with E-state index in [1.807, 2.05) is 0 Å². The molecule has 0 aliphatic rings. The van der Waals surface area contributed by atoms with E-state index >= 15 is 17.6 Å². The molecule has 1 rings (SSSR count). The molecule has 0 saturated heterocycles. The monoisotopic (exact) mass is 826 g/mol. The van der Waals surface area contributed by atoms with E-state index in [4.69, 9.17) is 0 Å². The van der Waals surface area contributed by atoms with E-state index in [0.29, 0.717) is 41.5 Å². The van der Waals surface area contributed by atoms with Gasteiger partial charge in [0, 0.05) is 11.1 Å². The molecule has 0 atom stereocenters. The smallest absolute Gasteiger partial charge is 0.194 e. The molecular weight excluding hydrogens is 806 g/mol. The van der Waals surface area contributed by atoms with Crippen molar-refractivity contribution in [3.8, 4) is 0 Å². The lowest BCUT2D eigenvalue weighted by Gasteiger charge is -2.42. The molecule has 52 heavy (non-hydrogen) atoms. The quantitative estimate of drug-likeness (QED) is 0.206. The van der Waals surface area contributed by atoms with Gasteiger partial charge in [0.25, 0.3) is 0 Å². The lowest BCUT2D eigenvalue weighted by Crippen LogP contribution is -2.69. The van der Waals surface area contributed by atoms with Crippen molar-refractivity contribution in [1.29, 1.82) is 0 Å². The summed E-state index contributed by atoms with van der Waals surface area (Å²) in [5.74, 6) is -81.5. The van der Waals surface area contributed by atoms with E-state index in [2.05, 4.69) is 0 Å². The van der Waals surface area contributed by atoms with Crippen LogP contribution < -0.4 is 0 Å². The van der Waals surface area contributed by atoms with Crippen LogP contribution in [-0.4, -0.2) is 59.7 Å². The van der Waals surface area contributed by atoms with Gasteiger partial charge < -0.3 is 0 Å². The van der Waals surface area contributed by atoms with Gasteiger partial charge in [-0.05, 0) is 34.1 Å². The summed E-state index contributed by atoms with van der Waals surface area (Å²) in [5, 5.41) is 0. The first-order valence-corrected chi connectivity index (χ1v) is 13.1. The Kier molecular flexibility index (Phi) is 10.9. The van der Waals surface area contributed by atoms with Crippen molar-refractivity contribution in [2.75, 3.05) is 0 Å². The van der Waals surface area contributed by atoms with Crippen LogP contribution in [0.1, 0.15) is 63.8 Å². The van der Waals surface area contributed by atoms with E-state index < -0.39 is 117 Å². The zero-order valence-electron chi connectivity index (χ0n) is 26.0. The first-order valence-electron chi connectivity index (χ1n) is 13.1. The highest BCUT2D eigenvalue weighted by atomic mass is 19.4. The molecule has 1 aromatic rings. The summed E-state index contributed by atoms with van der Waals surface area (Å²) in [6.45, 7) is 2.05. The summed E-state index contributed by atoms with van der Waals surface area (Å²) in [6.07, 6.45) is -15.7. The van der Waals surface area contributed by atoms with Gasteiger partial charge in [-0.3, -0.25) is 0 Å². The zero-order valence-corrected chi connectivity index (χ0v) is 26.0. The number of hydrogen-bond acceptors (Lipinski definition) is 0. The van der Waals surface area contributed by atoms with Crippen LogP contribution in [0.4, 0.5) is 114 Å². The number of rotatable bonds is 10. The average Bonchev–Trinajstić information content (AvgIpc) is 2.88. The van der Waals surface area contributed by atoms with Crippen LogP contribution in [0.3, 0.4) is 0 Å². The molecule has 0 fully saturated rings. The third kappa shape index (κ3) is 6.29. The first-order chi connectivity index (χ1) is 22.0. The van der Waals surface area contributed by atoms with Gasteiger partial charge in [0.15, 0.2) is 0 Å². The summed E-state index contributed by atoms with van der Waals surface area (Å²) in [4.78, 5) is 0. The molecule has 0 bridgehead atoms. The second-order valence-electron chi connectivity index (χ2n) is 13.2. The van der Waals surface area contributed by atoms with Crippen LogP contribution in [0.5, 0.6) is 0 Å². The lowest BCUT2D eigenvalue weighted by atomic mass is 9.72. The number of hydrogen-bond donors (Lipinski definition) is 0. The van der Waals surface area contributed by atoms with E-state index in [1.54, 1.807) is 0 Å². The Bertz CT molecular complexity index is 1360. The fourth-order valence-electron chi connectivity index (χ4n) is 4.24. The predicted molar refractivity (Wildman–Crippen MR) is 123 cm³/mol. The number of halogens is 26. The standard InChI is InChI=1S/C26H20F26/c1-13(2,3)9-7-12(16(29,30)18(33,34)20(37,38)22(41,42)24(45,46)26(50,51)52)10(14(4,5)6)8-11(9)15(27,28)17(31,32)19(35,36)21(39,40)23(43,44)25(47,48)49/h7-8H,1-6H3. The van der Waals surface area contributed by atoms with Gasteiger partial charge in [0.05, 0.1) is 0 Å². The summed E-state index contributed by atoms with van der Waals surface area (Å²) >= 11 is 0. The van der Waals surface area contributed by atoms with Gasteiger partial charge in [0.1, 0.15) is 0 Å². The predicted octanol–water partition coefficient (Wildman–Crippen LogP) is 12.7. The minimum atomic E-state index is -8.51. The third-order valence-electron chi connectivity index (χ3n) is 7.32. The van der Waals surface area contributed by atoms with Crippen LogP contribution in [-0.2, 0) is 22.7 Å². The summed E-state index contributed by atoms with van der Waals surface area (Å²) in [7, 11) is 0. The molecule has 306 valence electrons. The SMILES string of the molecule is CC(C)(C)c1cc(C(F)(F)C(F)(F)C(F)(F)C(F)(F)C(F)(F)C(F)(F)F)c(C(C)(C)C)cc1C(F)(F)C(F)(F)C(F)(F)C(F)(F)C(F)(F)C(F)(F)F. The highest BCUT2D eigenvalue weighted by Crippen LogP contribution is 2.65. The minimum Gasteiger partial charge on any atom is -0.194 e. The highest BCUT2D eigenvalue weighted by Gasteiger charge is 2.92. The van der Waals surface area contributed by atoms with Gasteiger partial charge >= 0.3 is 71.6 Å². The zero-order chi connectivity index (χ0) is 42.7. The molecule has 0 aliphatic carbocycles. The van der Waals surface area contributed by atoms with E-state index in [1.165, 1.54) is 0 Å². The van der Waals surface area contributed by atoms with Gasteiger partial charge in [-0.25, -0.2) is 0 Å². The molecule has 0 heterocycles. The Morgan fingerprint density at radius 2 is 0.423 bits per heavy atom. The Morgan fingerprint density at radius 1 is 0.250 bits per heavy atom. The Labute approximate surface area is 273 Å². The molecule has 0 radical (unpaired) electrons. The van der Waals surface area contributed by atoms with Crippen molar-refractivity contribution in [1.82, 2.24) is 0 Å². The average molecular weight is 826 g/mol. The normalized spacial score (nSPS) is 16.5. The van der Waals surface area contributed by atoms with Gasteiger partial charge in [-0.1, -0.05) is 41.5 Å². The minimum absolute atomic E-state index is 0.341. The largest absolute Gasteiger partial charge is 0.460 e. The maximum absolute atomic E-state index is 15.4. The van der Waals surface area contributed by atoms with Crippen LogP contribution in [0.2, 0.25) is 0 Å². The van der Waals surface area contributed by atoms with Crippen LogP contribution >= 0.6 is 0 Å². The molecule has 0 saturated carbocycles. The van der Waals surface area contributed by atoms with E-state index in [-0.39, 0.29) is 0 Å². The Hall–Kier alpha value is -2.60. The van der Waals surface area contributed by atoms with Crippen LogP contribution in [0.15, 0.2) is 12.1 Å². The molecule has 1 aromatic carbocycles. The maximum atomic E-state index is 15.4. The first kappa shape index (κ1) is 47.4. The molecule has 26 heteroatoms. The van der Waals surface area contributed by atoms with Crippen molar-refractivity contribution in [2.24, 2.45) is 0 Å². The Morgan fingerprint density at radius 3 is 0.577 bits per heavy atom. The van der Waals surface area contributed by atoms with E-state index in [0.717, 1.165) is 0 Å². The fraction of sp³-hybridized carbons (Fsp3) is 0.769. The Balaban J connectivity index is 4.50. The topological polar surface area (TPSA) is 0 Å². The molecule has 0 unspecified atom stereocenters. The second-order valence-corrected chi connectivity index (χ2v) is 13.2. The molecule has 0 aliphatic heterocycles. The maximum Gasteiger partial charge on any atom is 0.460 e. The molecular formula is C26H20F26.